The van der Waals surface area contributed by atoms with Crippen molar-refractivity contribution >= 4 is 46.1 Å². The van der Waals surface area contributed by atoms with Crippen LogP contribution in [0.1, 0.15) is 38.5 Å². The number of amides is 1. The highest BCUT2D eigenvalue weighted by molar-refractivity contribution is 6.42. The summed E-state index contributed by atoms with van der Waals surface area (Å²) in [6.45, 7) is 1.43. The number of benzene rings is 2. The topological polar surface area (TPSA) is 50.2 Å². The van der Waals surface area contributed by atoms with E-state index in [2.05, 4.69) is 10.2 Å². The number of anilines is 1. The first-order chi connectivity index (χ1) is 15.5. The van der Waals surface area contributed by atoms with Crippen molar-refractivity contribution in [2.75, 3.05) is 18.0 Å². The van der Waals surface area contributed by atoms with Crippen LogP contribution in [0.5, 0.6) is 0 Å². The molecule has 1 saturated carbocycles. The van der Waals surface area contributed by atoms with E-state index in [0.717, 1.165) is 48.4 Å². The first-order valence-corrected chi connectivity index (χ1v) is 11.9. The summed E-state index contributed by atoms with van der Waals surface area (Å²) >= 11 is 12.5. The van der Waals surface area contributed by atoms with Crippen LogP contribution in [0.4, 0.5) is 10.3 Å². The molecule has 2 fully saturated rings. The molecule has 32 heavy (non-hydrogen) atoms. The minimum atomic E-state index is -0.296. The van der Waals surface area contributed by atoms with Crippen molar-refractivity contribution in [1.82, 2.24) is 14.9 Å². The van der Waals surface area contributed by atoms with Crippen molar-refractivity contribution < 1.29 is 9.18 Å². The molecule has 1 aliphatic heterocycles. The van der Waals surface area contributed by atoms with Gasteiger partial charge in [0, 0.05) is 30.7 Å². The Morgan fingerprint density at radius 3 is 2.34 bits per heavy atom. The van der Waals surface area contributed by atoms with E-state index >= 15 is 0 Å². The van der Waals surface area contributed by atoms with E-state index in [1.807, 2.05) is 4.57 Å². The van der Waals surface area contributed by atoms with Crippen molar-refractivity contribution in [3.8, 4) is 5.69 Å². The zero-order chi connectivity index (χ0) is 22.2. The lowest BCUT2D eigenvalue weighted by molar-refractivity contribution is -0.126. The van der Waals surface area contributed by atoms with Gasteiger partial charge >= 0.3 is 0 Å². The fraction of sp³-hybridized carbons (Fsp3) is 0.417. The third-order valence-corrected chi connectivity index (χ3v) is 7.34. The molecule has 0 radical (unpaired) electrons. The van der Waals surface area contributed by atoms with Gasteiger partial charge in [0.2, 0.25) is 11.9 Å². The molecule has 5 nitrogen and oxygen atoms in total. The molecule has 1 N–H and O–H groups in total. The molecular formula is C24H25Cl2FN4O. The highest BCUT2D eigenvalue weighted by Gasteiger charge is 2.30. The smallest absolute Gasteiger partial charge is 0.223 e. The maximum absolute atomic E-state index is 13.6. The number of hydrogen-bond acceptors (Lipinski definition) is 3. The Morgan fingerprint density at radius 2 is 1.66 bits per heavy atom. The molecule has 2 aliphatic rings. The van der Waals surface area contributed by atoms with Gasteiger partial charge in [0.15, 0.2) is 0 Å². The predicted molar refractivity (Wildman–Crippen MR) is 126 cm³/mol. The summed E-state index contributed by atoms with van der Waals surface area (Å²) in [7, 11) is 0. The summed E-state index contributed by atoms with van der Waals surface area (Å²) < 4.78 is 15.5. The van der Waals surface area contributed by atoms with Gasteiger partial charge in [-0.15, -0.1) is 0 Å². The quantitative estimate of drug-likeness (QED) is 0.523. The molecule has 0 unspecified atom stereocenters. The number of nitrogens with one attached hydrogen (secondary N) is 1. The van der Waals surface area contributed by atoms with Gasteiger partial charge in [0.25, 0.3) is 0 Å². The maximum Gasteiger partial charge on any atom is 0.223 e. The fourth-order valence-electron chi connectivity index (χ4n) is 4.85. The number of rotatable bonds is 4. The lowest BCUT2D eigenvalue weighted by atomic mass is 9.95. The Bertz CT molecular complexity index is 1130. The number of halogens is 3. The summed E-state index contributed by atoms with van der Waals surface area (Å²) in [5, 5.41) is 4.12. The number of nitrogens with zero attached hydrogens (tertiary/aromatic N) is 3. The first-order valence-electron chi connectivity index (χ1n) is 11.2. The number of hydrogen-bond donors (Lipinski definition) is 1. The molecule has 5 rings (SSSR count). The highest BCUT2D eigenvalue weighted by atomic mass is 35.5. The van der Waals surface area contributed by atoms with E-state index in [9.17, 15) is 9.18 Å². The Morgan fingerprint density at radius 1 is 1.00 bits per heavy atom. The van der Waals surface area contributed by atoms with Crippen LogP contribution in [0.15, 0.2) is 36.4 Å². The molecule has 1 amide bonds. The van der Waals surface area contributed by atoms with Gasteiger partial charge < -0.3 is 10.2 Å². The Hall–Kier alpha value is -2.31. The van der Waals surface area contributed by atoms with Gasteiger partial charge in [-0.2, -0.15) is 0 Å². The molecule has 0 spiro atoms. The number of piperidine rings is 1. The van der Waals surface area contributed by atoms with Gasteiger partial charge in [0.05, 0.1) is 21.1 Å². The van der Waals surface area contributed by atoms with Crippen molar-refractivity contribution in [3.63, 3.8) is 0 Å². The minimum Gasteiger partial charge on any atom is -0.353 e. The molecule has 1 saturated heterocycles. The fourth-order valence-corrected chi connectivity index (χ4v) is 5.16. The van der Waals surface area contributed by atoms with E-state index in [4.69, 9.17) is 28.2 Å². The summed E-state index contributed by atoms with van der Waals surface area (Å²) in [4.78, 5) is 19.7. The van der Waals surface area contributed by atoms with Crippen LogP contribution in [0, 0.1) is 11.7 Å². The van der Waals surface area contributed by atoms with Gasteiger partial charge in [-0.1, -0.05) is 36.0 Å². The van der Waals surface area contributed by atoms with Crippen molar-refractivity contribution in [2.45, 2.75) is 44.6 Å². The zero-order valence-corrected chi connectivity index (χ0v) is 19.2. The Labute approximate surface area is 196 Å². The summed E-state index contributed by atoms with van der Waals surface area (Å²) in [6.07, 6.45) is 6.14. The Kier molecular flexibility index (Phi) is 5.99. The monoisotopic (exact) mass is 474 g/mol. The van der Waals surface area contributed by atoms with Crippen LogP contribution in [0.3, 0.4) is 0 Å². The molecule has 3 aromatic rings. The zero-order valence-electron chi connectivity index (χ0n) is 17.7. The number of aromatic nitrogens is 2. The third-order valence-electron chi connectivity index (χ3n) is 6.61. The molecule has 1 aromatic heterocycles. The van der Waals surface area contributed by atoms with Crippen LogP contribution >= 0.6 is 23.2 Å². The van der Waals surface area contributed by atoms with Crippen molar-refractivity contribution in [1.29, 1.82) is 0 Å². The van der Waals surface area contributed by atoms with Gasteiger partial charge in [-0.05, 0) is 62.1 Å². The summed E-state index contributed by atoms with van der Waals surface area (Å²) in [6, 6.07) is 10.2. The average molecular weight is 475 g/mol. The summed E-state index contributed by atoms with van der Waals surface area (Å²) in [5.74, 6) is 0.663. The van der Waals surface area contributed by atoms with E-state index < -0.39 is 0 Å². The second-order valence-corrected chi connectivity index (χ2v) is 9.54. The van der Waals surface area contributed by atoms with Crippen LogP contribution < -0.4 is 10.2 Å². The largest absolute Gasteiger partial charge is 0.353 e. The second kappa shape index (κ2) is 8.91. The van der Waals surface area contributed by atoms with Gasteiger partial charge in [-0.3, -0.25) is 9.36 Å². The molecular weight excluding hydrogens is 450 g/mol. The van der Waals surface area contributed by atoms with Crippen LogP contribution in [0.2, 0.25) is 10.0 Å². The average Bonchev–Trinajstić information content (AvgIpc) is 3.43. The van der Waals surface area contributed by atoms with E-state index in [1.165, 1.54) is 25.0 Å². The number of carbonyl (C=O) groups is 1. The van der Waals surface area contributed by atoms with Crippen LogP contribution in [-0.4, -0.2) is 34.6 Å². The molecule has 1 aliphatic carbocycles. The van der Waals surface area contributed by atoms with Crippen LogP contribution in [-0.2, 0) is 4.79 Å². The normalized spacial score (nSPS) is 17.9. The first kappa shape index (κ1) is 21.5. The van der Waals surface area contributed by atoms with Gasteiger partial charge in [-0.25, -0.2) is 9.37 Å². The Balaban J connectivity index is 1.42. The highest BCUT2D eigenvalue weighted by Crippen LogP contribution is 2.34. The van der Waals surface area contributed by atoms with Crippen molar-refractivity contribution in [2.24, 2.45) is 5.92 Å². The molecule has 168 valence electrons. The summed E-state index contributed by atoms with van der Waals surface area (Å²) in [5.41, 5.74) is 2.32. The molecule has 2 aromatic carbocycles. The SMILES string of the molecule is O=C(NC1CCCC1)C1CCN(c2nc3cc(Cl)c(Cl)cc3n2-c2ccc(F)cc2)CC1. The van der Waals surface area contributed by atoms with E-state index in [-0.39, 0.29) is 17.6 Å². The molecule has 8 heteroatoms. The third kappa shape index (κ3) is 4.18. The van der Waals surface area contributed by atoms with Crippen LogP contribution in [0.25, 0.3) is 16.7 Å². The standard InChI is InChI=1S/C24H25Cl2FN4O/c25-19-13-21-22(14-20(19)26)31(18-7-5-16(27)6-8-18)24(29-21)30-11-9-15(10-12-30)23(32)28-17-3-1-2-4-17/h5-8,13-15,17H,1-4,9-12H2,(H,28,32). The predicted octanol–water partition coefficient (Wildman–Crippen LogP) is 5.75. The molecule has 0 bridgehead atoms. The van der Waals surface area contributed by atoms with E-state index in [1.54, 1.807) is 24.3 Å². The lowest BCUT2D eigenvalue weighted by Gasteiger charge is -2.33. The second-order valence-electron chi connectivity index (χ2n) is 8.73. The molecule has 2 heterocycles. The lowest BCUT2D eigenvalue weighted by Crippen LogP contribution is -2.43. The number of imidazole rings is 1. The van der Waals surface area contributed by atoms with E-state index in [0.29, 0.717) is 29.2 Å². The van der Waals surface area contributed by atoms with Crippen molar-refractivity contribution in [3.05, 3.63) is 52.3 Å². The number of carbonyl (C=O) groups excluding carboxylic acids is 1. The van der Waals surface area contributed by atoms with Gasteiger partial charge in [0.1, 0.15) is 5.82 Å². The molecule has 0 atom stereocenters. The minimum absolute atomic E-state index is 0.0272. The maximum atomic E-state index is 13.6. The number of fused-ring (bicyclic) bond motifs is 1.